The zero-order valence-electron chi connectivity index (χ0n) is 20.1. The van der Waals surface area contributed by atoms with E-state index in [2.05, 4.69) is 48.4 Å². The quantitative estimate of drug-likeness (QED) is 0.387. The van der Waals surface area contributed by atoms with E-state index >= 15 is 0 Å². The molecule has 7 heteroatoms. The van der Waals surface area contributed by atoms with E-state index in [9.17, 15) is 9.59 Å². The summed E-state index contributed by atoms with van der Waals surface area (Å²) in [5.41, 5.74) is 4.98. The van der Waals surface area contributed by atoms with E-state index < -0.39 is 0 Å². The topological polar surface area (TPSA) is 78.1 Å². The maximum atomic E-state index is 13.0. The number of nitrogens with one attached hydrogen (secondary N) is 2. The Kier molecular flexibility index (Phi) is 6.68. The van der Waals surface area contributed by atoms with Crippen LogP contribution in [0.3, 0.4) is 0 Å². The van der Waals surface area contributed by atoms with Gasteiger partial charge < -0.3 is 10.2 Å². The van der Waals surface area contributed by atoms with Crippen LogP contribution in [-0.4, -0.2) is 29.0 Å². The Labute approximate surface area is 209 Å². The minimum atomic E-state index is -0.143. The summed E-state index contributed by atoms with van der Waals surface area (Å²) in [7, 11) is 0. The number of nitrogens with zero attached hydrogens (tertiary/aromatic N) is 2. The third-order valence-electron chi connectivity index (χ3n) is 6.70. The third-order valence-corrected chi connectivity index (χ3v) is 7.67. The molecule has 180 valence electrons. The fraction of sp³-hybridized carbons (Fsp3) is 0.321. The lowest BCUT2D eigenvalue weighted by molar-refractivity contribution is -0.125. The van der Waals surface area contributed by atoms with Gasteiger partial charge in [0.2, 0.25) is 11.9 Å². The molecule has 6 nitrogen and oxygen atoms in total. The molecule has 0 bridgehead atoms. The second kappa shape index (κ2) is 10.0. The highest BCUT2D eigenvalue weighted by molar-refractivity contribution is 7.17. The number of H-pyrrole nitrogens is 1. The Balaban J connectivity index is 1.30. The van der Waals surface area contributed by atoms with Crippen LogP contribution in [-0.2, 0) is 11.3 Å². The van der Waals surface area contributed by atoms with E-state index in [0.29, 0.717) is 29.7 Å². The monoisotopic (exact) mass is 486 g/mol. The van der Waals surface area contributed by atoms with Crippen molar-refractivity contribution in [3.8, 4) is 11.1 Å². The summed E-state index contributed by atoms with van der Waals surface area (Å²) in [6.45, 7) is 6.17. The molecule has 2 aromatic carbocycles. The normalized spacial score (nSPS) is 16.1. The highest BCUT2D eigenvalue weighted by atomic mass is 32.1. The number of aromatic amines is 1. The molecule has 1 aliphatic rings. The molecule has 1 atom stereocenters. The first-order chi connectivity index (χ1) is 17.0. The van der Waals surface area contributed by atoms with Gasteiger partial charge in [0.05, 0.1) is 11.4 Å². The number of thiophene rings is 1. The Bertz CT molecular complexity index is 1380. The van der Waals surface area contributed by atoms with Crippen molar-refractivity contribution in [1.82, 2.24) is 15.3 Å². The van der Waals surface area contributed by atoms with Crippen molar-refractivity contribution in [1.29, 1.82) is 0 Å². The van der Waals surface area contributed by atoms with E-state index in [-0.39, 0.29) is 17.4 Å². The summed E-state index contributed by atoms with van der Waals surface area (Å²) in [5, 5.41) is 5.09. The first-order valence-electron chi connectivity index (χ1n) is 12.2. The Morgan fingerprint density at radius 3 is 2.69 bits per heavy atom. The van der Waals surface area contributed by atoms with Crippen molar-refractivity contribution < 1.29 is 4.79 Å². The molecule has 1 saturated heterocycles. The number of hydrogen-bond acceptors (Lipinski definition) is 5. The number of aromatic nitrogens is 2. The fourth-order valence-corrected chi connectivity index (χ4v) is 5.53. The fourth-order valence-electron chi connectivity index (χ4n) is 4.63. The molecule has 0 radical (unpaired) electrons. The summed E-state index contributed by atoms with van der Waals surface area (Å²) < 4.78 is 0.627. The highest BCUT2D eigenvalue weighted by Gasteiger charge is 2.27. The number of carbonyl (C=O) groups is 1. The number of rotatable bonds is 6. The van der Waals surface area contributed by atoms with Crippen LogP contribution >= 0.6 is 11.3 Å². The largest absolute Gasteiger partial charge is 0.352 e. The van der Waals surface area contributed by atoms with Crippen molar-refractivity contribution in [3.05, 3.63) is 81.5 Å². The summed E-state index contributed by atoms with van der Waals surface area (Å²) in [5.74, 6) is 0.936. The molecule has 4 aromatic rings. The van der Waals surface area contributed by atoms with Crippen molar-refractivity contribution >= 4 is 33.4 Å². The summed E-state index contributed by atoms with van der Waals surface area (Å²) in [6, 6.07) is 18.4. The van der Waals surface area contributed by atoms with E-state index in [0.717, 1.165) is 41.6 Å². The van der Waals surface area contributed by atoms with Crippen LogP contribution in [0.2, 0.25) is 0 Å². The van der Waals surface area contributed by atoms with Gasteiger partial charge in [-0.3, -0.25) is 14.6 Å². The Morgan fingerprint density at radius 2 is 1.94 bits per heavy atom. The average Bonchev–Trinajstić information content (AvgIpc) is 3.33. The average molecular weight is 487 g/mol. The molecule has 0 spiro atoms. The van der Waals surface area contributed by atoms with Gasteiger partial charge in [-0.15, -0.1) is 11.3 Å². The molecule has 0 saturated carbocycles. The number of carbonyl (C=O) groups excluding carboxylic acids is 1. The lowest BCUT2D eigenvalue weighted by Gasteiger charge is -2.32. The maximum Gasteiger partial charge on any atom is 0.270 e. The van der Waals surface area contributed by atoms with Gasteiger partial charge >= 0.3 is 0 Å². The predicted molar refractivity (Wildman–Crippen MR) is 143 cm³/mol. The maximum absolute atomic E-state index is 13.0. The van der Waals surface area contributed by atoms with E-state index in [1.165, 1.54) is 16.9 Å². The second-order valence-corrected chi connectivity index (χ2v) is 10.4. The highest BCUT2D eigenvalue weighted by Crippen LogP contribution is 2.32. The minimum absolute atomic E-state index is 0.0477. The molecule has 1 fully saturated rings. The first kappa shape index (κ1) is 23.3. The van der Waals surface area contributed by atoms with Gasteiger partial charge in [0, 0.05) is 30.6 Å². The number of piperidine rings is 1. The molecule has 2 N–H and O–H groups in total. The molecule has 1 amide bonds. The van der Waals surface area contributed by atoms with Gasteiger partial charge in [-0.1, -0.05) is 68.4 Å². The van der Waals surface area contributed by atoms with E-state index in [1.807, 2.05) is 40.6 Å². The van der Waals surface area contributed by atoms with Gasteiger partial charge in [-0.25, -0.2) is 4.98 Å². The number of hydrogen-bond donors (Lipinski definition) is 2. The SMILES string of the molecule is CC(C)c1ccc(CNC(=O)[C@H]2CCCN(c3nc4c(-c5ccccc5)csc4c(=O)[nH]3)C2)cc1. The van der Waals surface area contributed by atoms with E-state index in [1.54, 1.807) is 0 Å². The smallest absolute Gasteiger partial charge is 0.270 e. The van der Waals surface area contributed by atoms with Crippen LogP contribution in [0.25, 0.3) is 21.3 Å². The predicted octanol–water partition coefficient (Wildman–Crippen LogP) is 5.31. The third kappa shape index (κ3) is 5.00. The van der Waals surface area contributed by atoms with Gasteiger partial charge in [0.25, 0.3) is 5.56 Å². The van der Waals surface area contributed by atoms with Crippen LogP contribution in [0.1, 0.15) is 43.7 Å². The first-order valence-corrected chi connectivity index (χ1v) is 13.1. The molecular weight excluding hydrogens is 456 g/mol. The minimum Gasteiger partial charge on any atom is -0.352 e. The van der Waals surface area contributed by atoms with Gasteiger partial charge in [-0.2, -0.15) is 0 Å². The van der Waals surface area contributed by atoms with Crippen molar-refractivity contribution in [2.45, 2.75) is 39.2 Å². The molecule has 35 heavy (non-hydrogen) atoms. The van der Waals surface area contributed by atoms with Crippen molar-refractivity contribution in [3.63, 3.8) is 0 Å². The van der Waals surface area contributed by atoms with Crippen LogP contribution < -0.4 is 15.8 Å². The molecular formula is C28H30N4O2S. The standard InChI is InChI=1S/C28H30N4O2S/c1-18(2)20-12-10-19(11-13-20)15-29-26(33)22-9-6-14-32(16-22)28-30-24-23(21-7-4-3-5-8-21)17-35-25(24)27(34)31-28/h3-5,7-8,10-13,17-18,22H,6,9,14-16H2,1-2H3,(H,29,33)(H,30,31,34)/t22-/m0/s1. The van der Waals surface area contributed by atoms with Crippen molar-refractivity contribution in [2.75, 3.05) is 18.0 Å². The van der Waals surface area contributed by atoms with Gasteiger partial charge in [0.1, 0.15) is 4.70 Å². The Hall–Kier alpha value is -3.45. The van der Waals surface area contributed by atoms with Crippen LogP contribution in [0, 0.1) is 5.92 Å². The van der Waals surface area contributed by atoms with E-state index in [4.69, 9.17) is 4.98 Å². The molecule has 3 heterocycles. The molecule has 1 aliphatic heterocycles. The number of benzene rings is 2. The molecule has 0 unspecified atom stereocenters. The summed E-state index contributed by atoms with van der Waals surface area (Å²) in [4.78, 5) is 35.7. The van der Waals surface area contributed by atoms with Crippen LogP contribution in [0.15, 0.2) is 64.8 Å². The zero-order valence-corrected chi connectivity index (χ0v) is 20.9. The number of fused-ring (bicyclic) bond motifs is 1. The van der Waals surface area contributed by atoms with Gasteiger partial charge in [0.15, 0.2) is 0 Å². The zero-order chi connectivity index (χ0) is 24.4. The molecule has 5 rings (SSSR count). The lowest BCUT2D eigenvalue weighted by atomic mass is 9.97. The van der Waals surface area contributed by atoms with Gasteiger partial charge in [-0.05, 0) is 35.4 Å². The second-order valence-electron chi connectivity index (χ2n) is 9.48. The Morgan fingerprint density at radius 1 is 1.17 bits per heavy atom. The summed E-state index contributed by atoms with van der Waals surface area (Å²) in [6.07, 6.45) is 1.70. The van der Waals surface area contributed by atoms with Crippen molar-refractivity contribution in [2.24, 2.45) is 5.92 Å². The number of amides is 1. The lowest BCUT2D eigenvalue weighted by Crippen LogP contribution is -2.44. The van der Waals surface area contributed by atoms with Crippen LogP contribution in [0.4, 0.5) is 5.95 Å². The van der Waals surface area contributed by atoms with Crippen LogP contribution in [0.5, 0.6) is 0 Å². The number of anilines is 1. The molecule has 0 aliphatic carbocycles. The summed E-state index contributed by atoms with van der Waals surface area (Å²) >= 11 is 1.41. The molecule has 2 aromatic heterocycles.